The van der Waals surface area contributed by atoms with Crippen molar-refractivity contribution in [3.05, 3.63) is 40.7 Å². The Morgan fingerprint density at radius 2 is 1.92 bits per heavy atom. The maximum atomic E-state index is 10.7. The van der Waals surface area contributed by atoms with Crippen molar-refractivity contribution in [2.45, 2.75) is 45.4 Å². The minimum Gasteiger partial charge on any atom is -0.496 e. The fourth-order valence-electron chi connectivity index (χ4n) is 3.59. The Bertz CT molecular complexity index is 749. The van der Waals surface area contributed by atoms with Crippen molar-refractivity contribution in [3.8, 4) is 11.5 Å². The molecule has 1 aromatic heterocycles. The lowest BCUT2D eigenvalue weighted by Crippen LogP contribution is -2.34. The largest absolute Gasteiger partial charge is 0.496 e. The van der Waals surface area contributed by atoms with Gasteiger partial charge in [-0.05, 0) is 12.1 Å². The second-order valence-electron chi connectivity index (χ2n) is 7.57. The standard InChI is InChI=1S/C19H27N3O3/c1-19(2,3)18-12(8-20-21-18)9-22-10-13-15(24-4)6-7-16(25-5)17(13)14(23)11-22/h6-8,14,23H,9-11H2,1-5H3,(H,20,21). The third-order valence-electron chi connectivity index (χ3n) is 4.72. The number of ether oxygens (including phenoxy) is 2. The van der Waals surface area contributed by atoms with Crippen LogP contribution in [0.25, 0.3) is 0 Å². The molecule has 0 bridgehead atoms. The fraction of sp³-hybridized carbons (Fsp3) is 0.526. The molecule has 1 aliphatic heterocycles. The lowest BCUT2D eigenvalue weighted by molar-refractivity contribution is 0.0840. The summed E-state index contributed by atoms with van der Waals surface area (Å²) in [5.74, 6) is 1.49. The van der Waals surface area contributed by atoms with E-state index in [2.05, 4.69) is 35.9 Å². The number of nitrogens with one attached hydrogen (secondary N) is 1. The fourth-order valence-corrected chi connectivity index (χ4v) is 3.59. The summed E-state index contributed by atoms with van der Waals surface area (Å²) in [5.41, 5.74) is 4.11. The summed E-state index contributed by atoms with van der Waals surface area (Å²) in [6, 6.07) is 3.75. The van der Waals surface area contributed by atoms with Crippen LogP contribution in [0.3, 0.4) is 0 Å². The van der Waals surface area contributed by atoms with Crippen molar-refractivity contribution in [1.82, 2.24) is 15.1 Å². The maximum Gasteiger partial charge on any atom is 0.125 e. The van der Waals surface area contributed by atoms with Crippen molar-refractivity contribution in [2.75, 3.05) is 20.8 Å². The molecule has 6 nitrogen and oxygen atoms in total. The first kappa shape index (κ1) is 17.8. The number of aromatic nitrogens is 2. The van der Waals surface area contributed by atoms with Gasteiger partial charge < -0.3 is 14.6 Å². The van der Waals surface area contributed by atoms with Gasteiger partial charge in [0.1, 0.15) is 11.5 Å². The predicted molar refractivity (Wildman–Crippen MR) is 95.9 cm³/mol. The minimum absolute atomic E-state index is 0.000939. The zero-order chi connectivity index (χ0) is 18.2. The molecule has 1 aliphatic rings. The summed E-state index contributed by atoms with van der Waals surface area (Å²) < 4.78 is 10.9. The van der Waals surface area contributed by atoms with Crippen LogP contribution in [0.1, 0.15) is 49.3 Å². The SMILES string of the molecule is COc1ccc(OC)c2c1CN(Cc1cn[nH]c1C(C)(C)C)CC2O. The highest BCUT2D eigenvalue weighted by Crippen LogP contribution is 2.40. The van der Waals surface area contributed by atoms with Crippen molar-refractivity contribution < 1.29 is 14.6 Å². The smallest absolute Gasteiger partial charge is 0.125 e. The molecule has 6 heteroatoms. The number of aromatic amines is 1. The zero-order valence-electron chi connectivity index (χ0n) is 15.6. The quantitative estimate of drug-likeness (QED) is 0.892. The minimum atomic E-state index is -0.612. The molecule has 0 amide bonds. The van der Waals surface area contributed by atoms with Crippen LogP contribution in [0.15, 0.2) is 18.3 Å². The second-order valence-corrected chi connectivity index (χ2v) is 7.57. The first-order chi connectivity index (χ1) is 11.8. The molecule has 0 spiro atoms. The number of H-pyrrole nitrogens is 1. The van der Waals surface area contributed by atoms with Crippen LogP contribution >= 0.6 is 0 Å². The molecule has 136 valence electrons. The Labute approximate surface area is 148 Å². The lowest BCUT2D eigenvalue weighted by Gasteiger charge is -2.34. The van der Waals surface area contributed by atoms with Crippen LogP contribution in [-0.4, -0.2) is 41.0 Å². The lowest BCUT2D eigenvalue weighted by atomic mass is 9.89. The van der Waals surface area contributed by atoms with E-state index in [1.54, 1.807) is 14.2 Å². The molecule has 0 saturated carbocycles. The van der Waals surface area contributed by atoms with Crippen molar-refractivity contribution >= 4 is 0 Å². The molecular weight excluding hydrogens is 318 g/mol. The van der Waals surface area contributed by atoms with Crippen molar-refractivity contribution in [1.29, 1.82) is 0 Å². The van der Waals surface area contributed by atoms with Crippen LogP contribution in [0.2, 0.25) is 0 Å². The van der Waals surface area contributed by atoms with Gasteiger partial charge in [0, 0.05) is 47.4 Å². The van der Waals surface area contributed by atoms with Crippen LogP contribution in [-0.2, 0) is 18.5 Å². The van der Waals surface area contributed by atoms with Crippen LogP contribution in [0.4, 0.5) is 0 Å². The van der Waals surface area contributed by atoms with E-state index in [1.165, 1.54) is 0 Å². The van der Waals surface area contributed by atoms with E-state index >= 15 is 0 Å². The van der Waals surface area contributed by atoms with Gasteiger partial charge in [-0.2, -0.15) is 5.10 Å². The number of fused-ring (bicyclic) bond motifs is 1. The predicted octanol–water partition coefficient (Wildman–Crippen LogP) is 2.77. The molecule has 1 atom stereocenters. The highest BCUT2D eigenvalue weighted by atomic mass is 16.5. The van der Waals surface area contributed by atoms with Gasteiger partial charge in [-0.3, -0.25) is 10.00 Å². The number of aliphatic hydroxyl groups is 1. The molecule has 0 aliphatic carbocycles. The molecule has 2 N–H and O–H groups in total. The van der Waals surface area contributed by atoms with E-state index in [4.69, 9.17) is 9.47 Å². The van der Waals surface area contributed by atoms with Gasteiger partial charge in [0.15, 0.2) is 0 Å². The summed E-state index contributed by atoms with van der Waals surface area (Å²) in [5, 5.41) is 18.1. The van der Waals surface area contributed by atoms with Crippen LogP contribution in [0, 0.1) is 0 Å². The number of benzene rings is 1. The van der Waals surface area contributed by atoms with Crippen molar-refractivity contribution in [3.63, 3.8) is 0 Å². The summed E-state index contributed by atoms with van der Waals surface area (Å²) >= 11 is 0. The second kappa shape index (κ2) is 6.69. The van der Waals surface area contributed by atoms with Gasteiger partial charge in [0.2, 0.25) is 0 Å². The number of hydrogen-bond donors (Lipinski definition) is 2. The summed E-state index contributed by atoms with van der Waals surface area (Å²) in [4.78, 5) is 2.22. The highest BCUT2D eigenvalue weighted by molar-refractivity contribution is 5.51. The van der Waals surface area contributed by atoms with Gasteiger partial charge >= 0.3 is 0 Å². The zero-order valence-corrected chi connectivity index (χ0v) is 15.6. The third kappa shape index (κ3) is 3.37. The number of β-amino-alcohol motifs (C(OH)–C–C–N with tert-alkyl or cyclic N) is 1. The van der Waals surface area contributed by atoms with E-state index in [1.807, 2.05) is 18.3 Å². The highest BCUT2D eigenvalue weighted by Gasteiger charge is 2.31. The summed E-state index contributed by atoms with van der Waals surface area (Å²) in [6.07, 6.45) is 1.27. The molecule has 1 aromatic carbocycles. The van der Waals surface area contributed by atoms with Gasteiger partial charge in [0.25, 0.3) is 0 Å². The average Bonchev–Trinajstić information content (AvgIpc) is 3.02. The number of aliphatic hydroxyl groups excluding tert-OH is 1. The first-order valence-corrected chi connectivity index (χ1v) is 8.52. The number of hydrogen-bond acceptors (Lipinski definition) is 5. The molecular formula is C19H27N3O3. The van der Waals surface area contributed by atoms with Gasteiger partial charge in [-0.15, -0.1) is 0 Å². The Hall–Kier alpha value is -2.05. The van der Waals surface area contributed by atoms with E-state index in [0.717, 1.165) is 34.7 Å². The van der Waals surface area contributed by atoms with Gasteiger partial charge in [-0.25, -0.2) is 0 Å². The molecule has 2 heterocycles. The van der Waals surface area contributed by atoms with Crippen molar-refractivity contribution in [2.24, 2.45) is 0 Å². The summed E-state index contributed by atoms with van der Waals surface area (Å²) in [6.45, 7) is 8.46. The molecule has 2 aromatic rings. The average molecular weight is 345 g/mol. The molecule has 25 heavy (non-hydrogen) atoms. The molecule has 0 radical (unpaired) electrons. The van der Waals surface area contributed by atoms with E-state index in [9.17, 15) is 5.11 Å². The third-order valence-corrected chi connectivity index (χ3v) is 4.72. The van der Waals surface area contributed by atoms with E-state index < -0.39 is 6.10 Å². The van der Waals surface area contributed by atoms with Crippen LogP contribution in [0.5, 0.6) is 11.5 Å². The van der Waals surface area contributed by atoms with Crippen LogP contribution < -0.4 is 9.47 Å². The monoisotopic (exact) mass is 345 g/mol. The topological polar surface area (TPSA) is 70.6 Å². The molecule has 3 rings (SSSR count). The Kier molecular flexibility index (Phi) is 4.75. The summed E-state index contributed by atoms with van der Waals surface area (Å²) in [7, 11) is 3.28. The molecule has 0 saturated heterocycles. The Morgan fingerprint density at radius 3 is 2.56 bits per heavy atom. The van der Waals surface area contributed by atoms with Gasteiger partial charge in [-0.1, -0.05) is 20.8 Å². The number of rotatable bonds is 4. The normalized spacial score (nSPS) is 18.1. The van der Waals surface area contributed by atoms with Gasteiger partial charge in [0.05, 0.1) is 26.5 Å². The number of nitrogens with zero attached hydrogens (tertiary/aromatic N) is 2. The maximum absolute atomic E-state index is 10.7. The number of methoxy groups -OCH3 is 2. The van der Waals surface area contributed by atoms with E-state index in [0.29, 0.717) is 18.8 Å². The molecule has 1 unspecified atom stereocenters. The Balaban J connectivity index is 1.91. The first-order valence-electron chi connectivity index (χ1n) is 8.52. The molecule has 0 fully saturated rings. The van der Waals surface area contributed by atoms with E-state index in [-0.39, 0.29) is 5.41 Å². The Morgan fingerprint density at radius 1 is 1.24 bits per heavy atom.